The fourth-order valence-electron chi connectivity index (χ4n) is 4.25. The third-order valence-corrected chi connectivity index (χ3v) is 6.78. The van der Waals surface area contributed by atoms with Crippen molar-refractivity contribution >= 4 is 11.9 Å². The van der Waals surface area contributed by atoms with Gasteiger partial charge in [-0.05, 0) is 70.6 Å². The molecule has 1 unspecified atom stereocenters. The van der Waals surface area contributed by atoms with Crippen molar-refractivity contribution in [3.05, 3.63) is 60.8 Å². The van der Waals surface area contributed by atoms with Gasteiger partial charge in [0.25, 0.3) is 0 Å². The van der Waals surface area contributed by atoms with Crippen LogP contribution in [-0.4, -0.2) is 36.4 Å². The first-order valence-electron chi connectivity index (χ1n) is 16.8. The van der Waals surface area contributed by atoms with Crippen molar-refractivity contribution in [2.75, 3.05) is 13.2 Å². The van der Waals surface area contributed by atoms with Crippen LogP contribution < -0.4 is 0 Å². The van der Waals surface area contributed by atoms with Gasteiger partial charge in [-0.3, -0.25) is 9.59 Å². The van der Waals surface area contributed by atoms with E-state index in [0.29, 0.717) is 12.8 Å². The highest BCUT2D eigenvalue weighted by Crippen LogP contribution is 2.11. The Bertz CT molecular complexity index is 762. The average Bonchev–Trinajstić information content (AvgIpc) is 2.99. The molecule has 0 aliphatic carbocycles. The third kappa shape index (κ3) is 30.6. The molecule has 0 aromatic carbocycles. The van der Waals surface area contributed by atoms with Gasteiger partial charge in [-0.25, -0.2) is 0 Å². The van der Waals surface area contributed by atoms with Gasteiger partial charge < -0.3 is 14.6 Å². The van der Waals surface area contributed by atoms with E-state index in [2.05, 4.69) is 74.6 Å². The maximum Gasteiger partial charge on any atom is 0.306 e. The lowest BCUT2D eigenvalue weighted by Crippen LogP contribution is -2.28. The Morgan fingerprint density at radius 1 is 0.571 bits per heavy atom. The molecule has 0 radical (unpaired) electrons. The van der Waals surface area contributed by atoms with Crippen LogP contribution in [0.15, 0.2) is 60.8 Å². The van der Waals surface area contributed by atoms with Gasteiger partial charge in [0.05, 0.1) is 6.61 Å². The second-order valence-corrected chi connectivity index (χ2v) is 10.9. The van der Waals surface area contributed by atoms with Gasteiger partial charge in [0.2, 0.25) is 0 Å². The van der Waals surface area contributed by atoms with Crippen LogP contribution in [0, 0.1) is 0 Å². The summed E-state index contributed by atoms with van der Waals surface area (Å²) in [5, 5.41) is 9.50. The fourth-order valence-corrected chi connectivity index (χ4v) is 4.25. The average molecular weight is 587 g/mol. The summed E-state index contributed by atoms with van der Waals surface area (Å²) in [5.74, 6) is -0.635. The molecule has 0 rings (SSSR count). The minimum absolute atomic E-state index is 0.0831. The summed E-state index contributed by atoms with van der Waals surface area (Å²) in [6.07, 6.45) is 41.3. The van der Waals surface area contributed by atoms with E-state index in [1.54, 1.807) is 0 Å². The zero-order valence-electron chi connectivity index (χ0n) is 27.0. The summed E-state index contributed by atoms with van der Waals surface area (Å²) in [4.78, 5) is 24.1. The number of aliphatic hydroxyl groups excluding tert-OH is 1. The van der Waals surface area contributed by atoms with Crippen molar-refractivity contribution in [3.8, 4) is 0 Å². The molecule has 0 aromatic rings. The largest absolute Gasteiger partial charge is 0.462 e. The molecule has 0 fully saturated rings. The first-order valence-corrected chi connectivity index (χ1v) is 16.8. The maximum absolute atomic E-state index is 12.1. The van der Waals surface area contributed by atoms with Crippen LogP contribution in [0.4, 0.5) is 0 Å². The molecule has 0 saturated heterocycles. The van der Waals surface area contributed by atoms with Crippen LogP contribution in [0.5, 0.6) is 0 Å². The van der Waals surface area contributed by atoms with E-state index in [1.807, 2.05) is 0 Å². The number of hydrogen-bond donors (Lipinski definition) is 1. The molecular weight excluding hydrogens is 524 g/mol. The number of esters is 2. The van der Waals surface area contributed by atoms with E-state index in [-0.39, 0.29) is 25.2 Å². The molecule has 42 heavy (non-hydrogen) atoms. The van der Waals surface area contributed by atoms with Gasteiger partial charge >= 0.3 is 11.9 Å². The molecule has 5 nitrogen and oxygen atoms in total. The molecule has 0 saturated carbocycles. The molecule has 0 amide bonds. The molecule has 240 valence electrons. The number of hydrogen-bond acceptors (Lipinski definition) is 5. The van der Waals surface area contributed by atoms with E-state index < -0.39 is 6.10 Å². The molecular formula is C37H62O5. The second kappa shape index (κ2) is 33.1. The fraction of sp³-hybridized carbons (Fsp3) is 0.676. The minimum atomic E-state index is -0.786. The number of rotatable bonds is 29. The van der Waals surface area contributed by atoms with Crippen LogP contribution in [0.2, 0.25) is 0 Å². The Kier molecular flexibility index (Phi) is 31.2. The van der Waals surface area contributed by atoms with E-state index in [0.717, 1.165) is 96.3 Å². The standard InChI is InChI=1S/C37H62O5/c1-3-5-7-9-11-13-15-17-18-20-22-24-26-28-30-32-37(40)42-35(33-38)34-41-36(39)31-29-27-25-23-21-19-16-14-12-10-8-6-4-2/h5,7-8,10-11,13-14,16-18,35,38H,3-4,6,9,12,15,19-34H2,1-2H3/b7-5-,10-8-,13-11-,16-14-,18-17-. The van der Waals surface area contributed by atoms with Gasteiger partial charge in [0, 0.05) is 12.8 Å². The number of carbonyl (C=O) groups excluding carboxylic acids is 2. The lowest BCUT2D eigenvalue weighted by molar-refractivity contribution is -0.161. The SMILES string of the molecule is CC/C=C\C/C=C\C/C=C\CCCCCCCC(=O)OC(CO)COC(=O)CCCCCCC/C=C\C/C=C\CCC. The molecule has 0 spiro atoms. The Morgan fingerprint density at radius 2 is 1.02 bits per heavy atom. The molecule has 0 bridgehead atoms. The predicted octanol–water partition coefficient (Wildman–Crippen LogP) is 10.1. The van der Waals surface area contributed by atoms with Crippen LogP contribution in [-0.2, 0) is 19.1 Å². The summed E-state index contributed by atoms with van der Waals surface area (Å²) in [6, 6.07) is 0. The molecule has 0 heterocycles. The van der Waals surface area contributed by atoms with Gasteiger partial charge in [0.1, 0.15) is 6.61 Å². The van der Waals surface area contributed by atoms with Crippen LogP contribution >= 0.6 is 0 Å². The van der Waals surface area contributed by atoms with E-state index in [4.69, 9.17) is 9.47 Å². The highest BCUT2D eigenvalue weighted by atomic mass is 16.6. The lowest BCUT2D eigenvalue weighted by Gasteiger charge is -2.15. The molecule has 1 atom stereocenters. The zero-order valence-corrected chi connectivity index (χ0v) is 27.0. The number of unbranched alkanes of at least 4 members (excludes halogenated alkanes) is 11. The van der Waals surface area contributed by atoms with Gasteiger partial charge in [0.15, 0.2) is 6.10 Å². The minimum Gasteiger partial charge on any atom is -0.462 e. The Labute approximate surface area is 258 Å². The van der Waals surface area contributed by atoms with Crippen molar-refractivity contribution in [1.82, 2.24) is 0 Å². The zero-order chi connectivity index (χ0) is 30.8. The first-order chi connectivity index (χ1) is 20.6. The van der Waals surface area contributed by atoms with Crippen LogP contribution in [0.25, 0.3) is 0 Å². The Balaban J connectivity index is 3.66. The Morgan fingerprint density at radius 3 is 1.55 bits per heavy atom. The monoisotopic (exact) mass is 586 g/mol. The smallest absolute Gasteiger partial charge is 0.306 e. The highest BCUT2D eigenvalue weighted by molar-refractivity contribution is 5.70. The maximum atomic E-state index is 12.1. The summed E-state index contributed by atoms with van der Waals surface area (Å²) in [7, 11) is 0. The van der Waals surface area contributed by atoms with Crippen molar-refractivity contribution < 1.29 is 24.2 Å². The predicted molar refractivity (Wildman–Crippen MR) is 177 cm³/mol. The quantitative estimate of drug-likeness (QED) is 0.0536. The molecule has 0 aromatic heterocycles. The van der Waals surface area contributed by atoms with E-state index in [9.17, 15) is 14.7 Å². The van der Waals surface area contributed by atoms with Gasteiger partial charge in [-0.2, -0.15) is 0 Å². The van der Waals surface area contributed by atoms with Crippen molar-refractivity contribution in [3.63, 3.8) is 0 Å². The van der Waals surface area contributed by atoms with Gasteiger partial charge in [-0.1, -0.05) is 120 Å². The highest BCUT2D eigenvalue weighted by Gasteiger charge is 2.16. The second-order valence-electron chi connectivity index (χ2n) is 10.9. The van der Waals surface area contributed by atoms with Crippen molar-refractivity contribution in [2.24, 2.45) is 0 Å². The number of allylic oxidation sites excluding steroid dienone is 10. The summed E-state index contributed by atoms with van der Waals surface area (Å²) in [5.41, 5.74) is 0. The third-order valence-electron chi connectivity index (χ3n) is 6.78. The Hall–Kier alpha value is -2.40. The van der Waals surface area contributed by atoms with Crippen molar-refractivity contribution in [1.29, 1.82) is 0 Å². The van der Waals surface area contributed by atoms with Crippen molar-refractivity contribution in [2.45, 2.75) is 148 Å². The molecule has 5 heteroatoms. The first kappa shape index (κ1) is 39.6. The molecule has 0 aliphatic heterocycles. The van der Waals surface area contributed by atoms with E-state index >= 15 is 0 Å². The number of aliphatic hydroxyl groups is 1. The summed E-state index contributed by atoms with van der Waals surface area (Å²) >= 11 is 0. The molecule has 1 N–H and O–H groups in total. The van der Waals surface area contributed by atoms with Crippen LogP contribution in [0.1, 0.15) is 142 Å². The number of ether oxygens (including phenoxy) is 2. The summed E-state index contributed by atoms with van der Waals surface area (Å²) < 4.78 is 10.5. The summed E-state index contributed by atoms with van der Waals surface area (Å²) in [6.45, 7) is 3.91. The normalized spacial score (nSPS) is 12.9. The number of carbonyl (C=O) groups is 2. The van der Waals surface area contributed by atoms with Gasteiger partial charge in [-0.15, -0.1) is 0 Å². The van der Waals surface area contributed by atoms with E-state index in [1.165, 1.54) is 19.3 Å². The lowest BCUT2D eigenvalue weighted by atomic mass is 10.1. The van der Waals surface area contributed by atoms with Crippen LogP contribution in [0.3, 0.4) is 0 Å². The topological polar surface area (TPSA) is 72.8 Å². The molecule has 0 aliphatic rings.